The SMILES string of the molecule is CN=C(NCCc1ccccc1F)NCc1ccccc1OC(F)F.I. The Morgan fingerprint density at radius 3 is 2.35 bits per heavy atom. The molecule has 0 bridgehead atoms. The van der Waals surface area contributed by atoms with Crippen LogP contribution in [0.4, 0.5) is 13.2 Å². The molecule has 0 radical (unpaired) electrons. The molecule has 2 aromatic carbocycles. The van der Waals surface area contributed by atoms with Gasteiger partial charge in [-0.2, -0.15) is 8.78 Å². The van der Waals surface area contributed by atoms with Crippen LogP contribution in [0, 0.1) is 5.82 Å². The molecule has 0 aliphatic rings. The first-order valence-corrected chi connectivity index (χ1v) is 7.80. The highest BCUT2D eigenvalue weighted by atomic mass is 127. The fraction of sp³-hybridized carbons (Fsp3) is 0.278. The van der Waals surface area contributed by atoms with Crippen molar-refractivity contribution in [3.8, 4) is 5.75 Å². The van der Waals surface area contributed by atoms with E-state index >= 15 is 0 Å². The Labute approximate surface area is 167 Å². The standard InChI is InChI=1S/C18H20F3N3O.HI/c1-22-18(23-11-10-13-6-2-4-8-15(13)19)24-12-14-7-3-5-9-16(14)25-17(20)21;/h2-9,17H,10-12H2,1H3,(H2,22,23,24);1H. The van der Waals surface area contributed by atoms with Crippen molar-refractivity contribution in [3.63, 3.8) is 0 Å². The zero-order chi connectivity index (χ0) is 18.1. The van der Waals surface area contributed by atoms with E-state index in [4.69, 9.17) is 0 Å². The summed E-state index contributed by atoms with van der Waals surface area (Å²) in [6, 6.07) is 13.1. The topological polar surface area (TPSA) is 45.7 Å². The number of hydrogen-bond donors (Lipinski definition) is 2. The molecule has 0 unspecified atom stereocenters. The van der Waals surface area contributed by atoms with Crippen molar-refractivity contribution in [1.29, 1.82) is 0 Å². The van der Waals surface area contributed by atoms with Crippen molar-refractivity contribution in [2.45, 2.75) is 19.6 Å². The minimum atomic E-state index is -2.88. The molecule has 0 spiro atoms. The van der Waals surface area contributed by atoms with Gasteiger partial charge in [0.15, 0.2) is 5.96 Å². The van der Waals surface area contributed by atoms with E-state index in [9.17, 15) is 13.2 Å². The van der Waals surface area contributed by atoms with Crippen LogP contribution >= 0.6 is 24.0 Å². The van der Waals surface area contributed by atoms with Gasteiger partial charge in [-0.3, -0.25) is 4.99 Å². The van der Waals surface area contributed by atoms with Gasteiger partial charge in [0.1, 0.15) is 11.6 Å². The zero-order valence-corrected chi connectivity index (χ0v) is 16.5. The number of nitrogens with one attached hydrogen (secondary N) is 2. The van der Waals surface area contributed by atoms with Gasteiger partial charge in [0, 0.05) is 25.7 Å². The number of hydrogen-bond acceptors (Lipinski definition) is 2. The summed E-state index contributed by atoms with van der Waals surface area (Å²) in [5.74, 6) is 0.361. The molecule has 0 saturated carbocycles. The summed E-state index contributed by atoms with van der Waals surface area (Å²) in [4.78, 5) is 4.06. The number of alkyl halides is 2. The Balaban J connectivity index is 0.00000338. The quantitative estimate of drug-likeness (QED) is 0.359. The smallest absolute Gasteiger partial charge is 0.387 e. The molecule has 0 fully saturated rings. The van der Waals surface area contributed by atoms with E-state index < -0.39 is 6.61 Å². The second kappa shape index (κ2) is 11.6. The minimum absolute atomic E-state index is 0. The van der Waals surface area contributed by atoms with E-state index in [0.29, 0.717) is 30.1 Å². The highest BCUT2D eigenvalue weighted by Crippen LogP contribution is 2.19. The van der Waals surface area contributed by atoms with Crippen LogP contribution < -0.4 is 15.4 Å². The van der Waals surface area contributed by atoms with Crippen LogP contribution in [0.1, 0.15) is 11.1 Å². The van der Waals surface area contributed by atoms with Crippen LogP contribution in [0.3, 0.4) is 0 Å². The fourth-order valence-electron chi connectivity index (χ4n) is 2.28. The van der Waals surface area contributed by atoms with Gasteiger partial charge in [-0.15, -0.1) is 24.0 Å². The van der Waals surface area contributed by atoms with Crippen LogP contribution in [-0.4, -0.2) is 26.2 Å². The largest absolute Gasteiger partial charge is 0.434 e. The minimum Gasteiger partial charge on any atom is -0.434 e. The Morgan fingerprint density at radius 2 is 1.69 bits per heavy atom. The maximum Gasteiger partial charge on any atom is 0.387 e. The van der Waals surface area contributed by atoms with Gasteiger partial charge in [-0.1, -0.05) is 36.4 Å². The molecule has 0 amide bonds. The first-order valence-electron chi connectivity index (χ1n) is 7.80. The number of aliphatic imine (C=N–C) groups is 1. The van der Waals surface area contributed by atoms with E-state index in [2.05, 4.69) is 20.4 Å². The van der Waals surface area contributed by atoms with Crippen molar-refractivity contribution in [2.75, 3.05) is 13.6 Å². The maximum absolute atomic E-state index is 13.6. The second-order valence-electron chi connectivity index (χ2n) is 5.18. The number of para-hydroxylation sites is 1. The lowest BCUT2D eigenvalue weighted by atomic mass is 10.1. The molecular weight excluding hydrogens is 458 g/mol. The summed E-state index contributed by atoms with van der Waals surface area (Å²) in [5.41, 5.74) is 1.20. The van der Waals surface area contributed by atoms with Crippen molar-refractivity contribution in [1.82, 2.24) is 10.6 Å². The molecule has 2 aromatic rings. The van der Waals surface area contributed by atoms with Crippen LogP contribution in [0.5, 0.6) is 5.75 Å². The van der Waals surface area contributed by atoms with Crippen molar-refractivity contribution >= 4 is 29.9 Å². The van der Waals surface area contributed by atoms with Crippen LogP contribution in [-0.2, 0) is 13.0 Å². The molecule has 0 saturated heterocycles. The van der Waals surface area contributed by atoms with Gasteiger partial charge in [-0.25, -0.2) is 4.39 Å². The summed E-state index contributed by atoms with van der Waals surface area (Å²) in [6.07, 6.45) is 0.498. The Bertz CT molecular complexity index is 714. The van der Waals surface area contributed by atoms with E-state index in [1.807, 2.05) is 0 Å². The molecule has 2 rings (SSSR count). The number of nitrogens with zero attached hydrogens (tertiary/aromatic N) is 1. The molecule has 0 aliphatic heterocycles. The second-order valence-corrected chi connectivity index (χ2v) is 5.18. The van der Waals surface area contributed by atoms with E-state index in [1.165, 1.54) is 12.1 Å². The Kier molecular flexibility index (Phi) is 9.85. The molecular formula is C18H21F3IN3O. The van der Waals surface area contributed by atoms with E-state index in [1.54, 1.807) is 43.4 Å². The average molecular weight is 479 g/mol. The van der Waals surface area contributed by atoms with E-state index in [0.717, 1.165) is 0 Å². The molecule has 2 N–H and O–H groups in total. The average Bonchev–Trinajstić information content (AvgIpc) is 2.60. The first-order chi connectivity index (χ1) is 12.1. The van der Waals surface area contributed by atoms with Crippen molar-refractivity contribution in [2.24, 2.45) is 4.99 Å². The van der Waals surface area contributed by atoms with Gasteiger partial charge in [0.2, 0.25) is 0 Å². The third kappa shape index (κ3) is 7.11. The lowest BCUT2D eigenvalue weighted by molar-refractivity contribution is -0.0504. The number of guanidine groups is 1. The highest BCUT2D eigenvalue weighted by Gasteiger charge is 2.09. The predicted molar refractivity (Wildman–Crippen MR) is 107 cm³/mol. The number of ether oxygens (including phenoxy) is 1. The summed E-state index contributed by atoms with van der Waals surface area (Å²) >= 11 is 0. The van der Waals surface area contributed by atoms with Gasteiger partial charge in [0.05, 0.1) is 0 Å². The molecule has 0 aromatic heterocycles. The number of rotatable bonds is 7. The Hall–Kier alpha value is -1.97. The summed E-state index contributed by atoms with van der Waals surface area (Å²) in [7, 11) is 1.60. The number of benzene rings is 2. The lowest BCUT2D eigenvalue weighted by Gasteiger charge is -2.14. The lowest BCUT2D eigenvalue weighted by Crippen LogP contribution is -2.38. The summed E-state index contributed by atoms with van der Waals surface area (Å²) < 4.78 is 42.9. The van der Waals surface area contributed by atoms with Crippen molar-refractivity contribution in [3.05, 3.63) is 65.5 Å². The van der Waals surface area contributed by atoms with Crippen LogP contribution in [0.2, 0.25) is 0 Å². The number of halogens is 4. The summed E-state index contributed by atoms with van der Waals surface area (Å²) in [5, 5.41) is 6.08. The van der Waals surface area contributed by atoms with Gasteiger partial charge in [0.25, 0.3) is 0 Å². The molecule has 0 aliphatic carbocycles. The molecule has 26 heavy (non-hydrogen) atoms. The van der Waals surface area contributed by atoms with Crippen LogP contribution in [0.15, 0.2) is 53.5 Å². The monoisotopic (exact) mass is 479 g/mol. The maximum atomic E-state index is 13.6. The zero-order valence-electron chi connectivity index (χ0n) is 14.2. The fourth-order valence-corrected chi connectivity index (χ4v) is 2.28. The van der Waals surface area contributed by atoms with Gasteiger partial charge < -0.3 is 15.4 Å². The highest BCUT2D eigenvalue weighted by molar-refractivity contribution is 14.0. The molecule has 0 atom stereocenters. The van der Waals surface area contributed by atoms with Crippen LogP contribution in [0.25, 0.3) is 0 Å². The normalized spacial score (nSPS) is 11.0. The molecule has 142 valence electrons. The van der Waals surface area contributed by atoms with E-state index in [-0.39, 0.29) is 42.1 Å². The molecule has 8 heteroatoms. The van der Waals surface area contributed by atoms with Gasteiger partial charge in [-0.05, 0) is 24.1 Å². The third-order valence-electron chi connectivity index (χ3n) is 3.50. The predicted octanol–water partition coefficient (Wildman–Crippen LogP) is 3.95. The molecule has 4 nitrogen and oxygen atoms in total. The van der Waals surface area contributed by atoms with Gasteiger partial charge >= 0.3 is 6.61 Å². The molecule has 0 heterocycles. The third-order valence-corrected chi connectivity index (χ3v) is 3.50. The van der Waals surface area contributed by atoms with Crippen molar-refractivity contribution < 1.29 is 17.9 Å². The Morgan fingerprint density at radius 1 is 1.04 bits per heavy atom. The summed E-state index contributed by atoms with van der Waals surface area (Å²) in [6.45, 7) is -2.13. The first kappa shape index (κ1) is 22.1.